The number of Topliss-reactive ketones (excluding diaryl/α,β-unsaturated/α-hetero) is 1. The predicted molar refractivity (Wildman–Crippen MR) is 145 cm³/mol. The number of halogens is 6. The first-order valence-corrected chi connectivity index (χ1v) is 14.1. The van der Waals surface area contributed by atoms with Gasteiger partial charge in [-0.05, 0) is 43.4 Å². The van der Waals surface area contributed by atoms with Gasteiger partial charge in [0.25, 0.3) is 0 Å². The van der Waals surface area contributed by atoms with Gasteiger partial charge in [0.05, 0.1) is 12.2 Å². The summed E-state index contributed by atoms with van der Waals surface area (Å²) in [5.74, 6) is -2.10. The van der Waals surface area contributed by atoms with Crippen molar-refractivity contribution in [1.82, 2.24) is 14.9 Å². The van der Waals surface area contributed by atoms with Gasteiger partial charge in [0.15, 0.2) is 0 Å². The maximum Gasteiger partial charge on any atom is 0.451 e. The second kappa shape index (κ2) is 13.5. The Bertz CT molecular complexity index is 1270. The summed E-state index contributed by atoms with van der Waals surface area (Å²) in [6.07, 6.45) is -7.01. The number of carbonyl (C=O) groups excluding carboxylic acids is 2. The first-order valence-electron chi connectivity index (χ1n) is 14.1. The average molecular weight is 617 g/mol. The van der Waals surface area contributed by atoms with Crippen LogP contribution in [0.2, 0.25) is 0 Å². The lowest BCUT2D eigenvalue weighted by molar-refractivity contribution is -0.145. The van der Waals surface area contributed by atoms with Gasteiger partial charge in [-0.3, -0.25) is 9.59 Å². The van der Waals surface area contributed by atoms with Crippen LogP contribution in [0.15, 0.2) is 30.3 Å². The van der Waals surface area contributed by atoms with Crippen molar-refractivity contribution in [3.8, 4) is 0 Å². The topological polar surface area (TPSA) is 116 Å². The number of aliphatic hydroxyl groups is 1. The quantitative estimate of drug-likeness (QED) is 0.413. The van der Waals surface area contributed by atoms with E-state index in [4.69, 9.17) is 10.8 Å². The van der Waals surface area contributed by atoms with Gasteiger partial charge >= 0.3 is 12.4 Å². The summed E-state index contributed by atoms with van der Waals surface area (Å²) in [5.41, 5.74) is 5.54. The number of benzene rings is 1. The van der Waals surface area contributed by atoms with Crippen molar-refractivity contribution in [1.29, 1.82) is 0 Å². The lowest BCUT2D eigenvalue weighted by Gasteiger charge is -2.37. The van der Waals surface area contributed by atoms with Crippen molar-refractivity contribution >= 4 is 23.3 Å². The molecule has 1 aromatic heterocycles. The minimum Gasteiger partial charge on any atom is -0.394 e. The molecule has 1 amide bonds. The van der Waals surface area contributed by atoms with E-state index in [2.05, 4.69) is 9.97 Å². The number of piperidine rings is 1. The van der Waals surface area contributed by atoms with Gasteiger partial charge in [-0.1, -0.05) is 12.1 Å². The van der Waals surface area contributed by atoms with Crippen LogP contribution in [0, 0.1) is 5.92 Å². The molecule has 3 heterocycles. The third-order valence-corrected chi connectivity index (χ3v) is 7.75. The van der Waals surface area contributed by atoms with E-state index in [1.165, 1.54) is 23.1 Å². The molecule has 1 aromatic carbocycles. The van der Waals surface area contributed by atoms with Crippen LogP contribution in [0.25, 0.3) is 0 Å². The summed E-state index contributed by atoms with van der Waals surface area (Å²) in [5, 5.41) is 9.14. The molecule has 0 aliphatic carbocycles. The number of nitrogens with zero attached hydrogens (tertiary/aromatic N) is 5. The molecule has 3 N–H and O–H groups in total. The van der Waals surface area contributed by atoms with Gasteiger partial charge in [-0.25, -0.2) is 9.97 Å². The number of alkyl halides is 6. The molecule has 2 fully saturated rings. The van der Waals surface area contributed by atoms with Crippen molar-refractivity contribution in [2.45, 2.75) is 50.5 Å². The molecule has 0 saturated carbocycles. The van der Waals surface area contributed by atoms with Crippen LogP contribution < -0.4 is 15.5 Å². The Labute approximate surface area is 244 Å². The summed E-state index contributed by atoms with van der Waals surface area (Å²) in [6.45, 7) is 0.885. The summed E-state index contributed by atoms with van der Waals surface area (Å²) in [6, 6.07) is 5.20. The molecule has 2 aliphatic heterocycles. The summed E-state index contributed by atoms with van der Waals surface area (Å²) in [7, 11) is 0. The second-order valence-corrected chi connectivity index (χ2v) is 10.8. The van der Waals surface area contributed by atoms with E-state index in [0.717, 1.165) is 12.1 Å². The number of piperazine rings is 1. The Hall–Kier alpha value is -3.46. The smallest absolute Gasteiger partial charge is 0.394 e. The number of carbonyl (C=O) groups is 2. The zero-order valence-corrected chi connectivity index (χ0v) is 23.4. The minimum atomic E-state index is -4.81. The van der Waals surface area contributed by atoms with Crippen LogP contribution >= 0.6 is 0 Å². The number of hydrogen-bond donors (Lipinski definition) is 2. The molecule has 0 radical (unpaired) electrons. The van der Waals surface area contributed by atoms with Crippen molar-refractivity contribution in [2.24, 2.45) is 11.7 Å². The fourth-order valence-electron chi connectivity index (χ4n) is 5.32. The second-order valence-electron chi connectivity index (χ2n) is 10.8. The van der Waals surface area contributed by atoms with E-state index >= 15 is 0 Å². The van der Waals surface area contributed by atoms with Crippen LogP contribution in [-0.2, 0) is 28.4 Å². The Balaban J connectivity index is 1.39. The number of aromatic nitrogens is 2. The SMILES string of the molecule is N[C@@H](CO)C(=O)N1CCN(c2cc(N3CCC[C@@H](C(=O)CCCc4ccc(C(F)(F)F)cc4)C3)nc(C(F)(F)F)n2)CC1. The summed E-state index contributed by atoms with van der Waals surface area (Å²) >= 11 is 0. The number of anilines is 2. The summed E-state index contributed by atoms with van der Waals surface area (Å²) in [4.78, 5) is 37.5. The highest BCUT2D eigenvalue weighted by molar-refractivity contribution is 5.82. The highest BCUT2D eigenvalue weighted by atomic mass is 19.4. The first-order chi connectivity index (χ1) is 20.3. The summed E-state index contributed by atoms with van der Waals surface area (Å²) < 4.78 is 79.7. The zero-order chi connectivity index (χ0) is 31.4. The predicted octanol–water partition coefficient (Wildman–Crippen LogP) is 3.29. The number of amides is 1. The molecule has 2 atom stereocenters. The molecule has 0 unspecified atom stereocenters. The molecule has 9 nitrogen and oxygen atoms in total. The van der Waals surface area contributed by atoms with Crippen molar-refractivity contribution in [3.63, 3.8) is 0 Å². The van der Waals surface area contributed by atoms with Gasteiger partial charge in [-0.2, -0.15) is 26.3 Å². The normalized spacial score (nSPS) is 19.0. The van der Waals surface area contributed by atoms with E-state index in [-0.39, 0.29) is 56.6 Å². The average Bonchev–Trinajstić information content (AvgIpc) is 2.99. The lowest BCUT2D eigenvalue weighted by Crippen LogP contribution is -2.54. The molecule has 2 aliphatic rings. The molecular weight excluding hydrogens is 582 g/mol. The van der Waals surface area contributed by atoms with E-state index in [1.54, 1.807) is 9.80 Å². The van der Waals surface area contributed by atoms with Crippen LogP contribution in [-0.4, -0.2) is 83.6 Å². The van der Waals surface area contributed by atoms with Crippen LogP contribution in [0.1, 0.15) is 42.6 Å². The number of rotatable bonds is 9. The number of nitrogens with two attached hydrogens (primary N) is 1. The number of aryl methyl sites for hydroxylation is 1. The van der Waals surface area contributed by atoms with Crippen LogP contribution in [0.4, 0.5) is 38.0 Å². The molecule has 0 spiro atoms. The third kappa shape index (κ3) is 8.34. The minimum absolute atomic E-state index is 0.0520. The molecule has 4 rings (SSSR count). The Kier molecular flexibility index (Phi) is 10.2. The first kappa shape index (κ1) is 32.5. The van der Waals surface area contributed by atoms with Crippen molar-refractivity contribution in [2.75, 3.05) is 55.7 Å². The Morgan fingerprint density at radius 1 is 0.930 bits per heavy atom. The Morgan fingerprint density at radius 2 is 1.56 bits per heavy atom. The highest BCUT2D eigenvalue weighted by Crippen LogP contribution is 2.33. The van der Waals surface area contributed by atoms with E-state index in [1.807, 2.05) is 0 Å². The fraction of sp³-hybridized carbons (Fsp3) is 0.571. The Morgan fingerprint density at radius 3 is 2.14 bits per heavy atom. The fourth-order valence-corrected chi connectivity index (χ4v) is 5.32. The molecule has 15 heteroatoms. The third-order valence-electron chi connectivity index (χ3n) is 7.75. The van der Waals surface area contributed by atoms with Gasteiger partial charge in [0.1, 0.15) is 23.5 Å². The molecule has 2 aromatic rings. The molecule has 236 valence electrons. The number of ketones is 1. The van der Waals surface area contributed by atoms with E-state index < -0.39 is 48.2 Å². The van der Waals surface area contributed by atoms with Crippen molar-refractivity contribution < 1.29 is 41.0 Å². The highest BCUT2D eigenvalue weighted by Gasteiger charge is 2.38. The monoisotopic (exact) mass is 616 g/mol. The van der Waals surface area contributed by atoms with Crippen LogP contribution in [0.3, 0.4) is 0 Å². The maximum atomic E-state index is 13.8. The van der Waals surface area contributed by atoms with Gasteiger partial charge in [0, 0.05) is 57.7 Å². The maximum absolute atomic E-state index is 13.8. The molecule has 2 saturated heterocycles. The van der Waals surface area contributed by atoms with Crippen molar-refractivity contribution in [3.05, 3.63) is 47.3 Å². The number of aliphatic hydroxyl groups excluding tert-OH is 1. The zero-order valence-electron chi connectivity index (χ0n) is 23.4. The molecule has 0 bridgehead atoms. The van der Waals surface area contributed by atoms with E-state index in [0.29, 0.717) is 37.8 Å². The van der Waals surface area contributed by atoms with Gasteiger partial charge in [-0.15, -0.1) is 0 Å². The molecule has 43 heavy (non-hydrogen) atoms. The van der Waals surface area contributed by atoms with Gasteiger partial charge < -0.3 is 25.5 Å². The molecular formula is C28H34F6N6O3. The van der Waals surface area contributed by atoms with Gasteiger partial charge in [0.2, 0.25) is 11.7 Å². The number of hydrogen-bond acceptors (Lipinski definition) is 8. The van der Waals surface area contributed by atoms with Crippen LogP contribution in [0.5, 0.6) is 0 Å². The largest absolute Gasteiger partial charge is 0.451 e. The van der Waals surface area contributed by atoms with E-state index in [9.17, 15) is 35.9 Å². The standard InChI is InChI=1S/C28H34F6N6O3/c29-27(30,31)20-8-6-18(7-9-20)3-1-5-22(42)19-4-2-10-40(16-19)24-15-23(36-26(37-24)28(32,33)34)38-11-13-39(14-12-38)25(43)21(35)17-41/h6-9,15,19,21,41H,1-5,10-14,16-17,35H2/t19-,21+/m1/s1. The lowest BCUT2D eigenvalue weighted by atomic mass is 9.90.